The van der Waals surface area contributed by atoms with Gasteiger partial charge in [0.15, 0.2) is 0 Å². The zero-order chi connectivity index (χ0) is 17.9. The van der Waals surface area contributed by atoms with E-state index in [1.54, 1.807) is 0 Å². The second-order valence-corrected chi connectivity index (χ2v) is 8.25. The Hall–Kier alpha value is -2.14. The number of nitrogens with zero attached hydrogens (tertiary/aromatic N) is 1. The first-order valence-corrected chi connectivity index (χ1v) is 10.3. The predicted molar refractivity (Wildman–Crippen MR) is 103 cm³/mol. The maximum Gasteiger partial charge on any atom is 0.263 e. The number of amides is 2. The number of benzene rings is 1. The average Bonchev–Trinajstić information content (AvgIpc) is 3.39. The average molecular weight is 369 g/mol. The van der Waals surface area contributed by atoms with Crippen LogP contribution in [0.3, 0.4) is 0 Å². The topological polar surface area (TPSA) is 49.4 Å². The van der Waals surface area contributed by atoms with Gasteiger partial charge in [-0.1, -0.05) is 36.4 Å². The molecule has 4 rings (SSSR count). The second kappa shape index (κ2) is 7.62. The van der Waals surface area contributed by atoms with E-state index >= 15 is 0 Å². The molecule has 1 N–H and O–H groups in total. The van der Waals surface area contributed by atoms with Crippen LogP contribution in [0.2, 0.25) is 0 Å². The van der Waals surface area contributed by atoms with Crippen LogP contribution < -0.4 is 5.32 Å². The van der Waals surface area contributed by atoms with E-state index in [1.165, 1.54) is 29.7 Å². The number of carbonyl (C=O) groups is 2. The smallest absolute Gasteiger partial charge is 0.263 e. The second-order valence-electron chi connectivity index (χ2n) is 7.30. The predicted octanol–water partition coefficient (Wildman–Crippen LogP) is 3.87. The molecule has 0 bridgehead atoms. The lowest BCUT2D eigenvalue weighted by molar-refractivity contribution is -0.127. The van der Waals surface area contributed by atoms with E-state index in [0.717, 1.165) is 24.3 Å². The first kappa shape index (κ1) is 17.3. The molecule has 2 aliphatic rings. The summed E-state index contributed by atoms with van der Waals surface area (Å²) < 4.78 is 0. The fourth-order valence-corrected chi connectivity index (χ4v) is 4.46. The van der Waals surface area contributed by atoms with Crippen LogP contribution >= 0.6 is 11.3 Å². The molecule has 1 aliphatic heterocycles. The molecule has 2 amide bonds. The number of rotatable bonds is 5. The Labute approximate surface area is 158 Å². The molecule has 2 fully saturated rings. The molecule has 136 valence electrons. The summed E-state index contributed by atoms with van der Waals surface area (Å²) in [7, 11) is 0. The van der Waals surface area contributed by atoms with Gasteiger partial charge in [-0.2, -0.15) is 0 Å². The van der Waals surface area contributed by atoms with Crippen molar-refractivity contribution < 1.29 is 9.59 Å². The third kappa shape index (κ3) is 3.83. The Bertz CT molecular complexity index is 756. The van der Waals surface area contributed by atoms with Gasteiger partial charge in [-0.05, 0) is 48.6 Å². The Balaban J connectivity index is 1.41. The van der Waals surface area contributed by atoms with Crippen LogP contribution in [0.4, 0.5) is 0 Å². The van der Waals surface area contributed by atoms with E-state index in [-0.39, 0.29) is 23.8 Å². The third-order valence-corrected chi connectivity index (χ3v) is 6.22. The van der Waals surface area contributed by atoms with E-state index in [2.05, 4.69) is 17.4 Å². The van der Waals surface area contributed by atoms with E-state index in [0.29, 0.717) is 12.5 Å². The van der Waals surface area contributed by atoms with Crippen LogP contribution in [0.15, 0.2) is 47.8 Å². The highest BCUT2D eigenvalue weighted by Crippen LogP contribution is 2.41. The summed E-state index contributed by atoms with van der Waals surface area (Å²) in [6, 6.07) is 14.1. The van der Waals surface area contributed by atoms with Gasteiger partial charge in [0, 0.05) is 13.1 Å². The Morgan fingerprint density at radius 1 is 1.08 bits per heavy atom. The Morgan fingerprint density at radius 3 is 2.58 bits per heavy atom. The summed E-state index contributed by atoms with van der Waals surface area (Å²) in [6.45, 7) is 1.26. The molecule has 1 saturated carbocycles. The van der Waals surface area contributed by atoms with Crippen LogP contribution in [0.1, 0.15) is 47.0 Å². The molecule has 26 heavy (non-hydrogen) atoms. The molecule has 2 aromatic rings. The first-order valence-electron chi connectivity index (χ1n) is 9.40. The fourth-order valence-electron chi connectivity index (χ4n) is 3.77. The lowest BCUT2D eigenvalue weighted by Crippen LogP contribution is -2.46. The summed E-state index contributed by atoms with van der Waals surface area (Å²) in [6.07, 6.45) is 4.09. The Kier molecular flexibility index (Phi) is 5.07. The monoisotopic (exact) mass is 368 g/mol. The number of hydrogen-bond acceptors (Lipinski definition) is 3. The van der Waals surface area contributed by atoms with Gasteiger partial charge >= 0.3 is 0 Å². The largest absolute Gasteiger partial charge is 0.349 e. The van der Waals surface area contributed by atoms with Crippen molar-refractivity contribution in [3.8, 4) is 0 Å². The highest BCUT2D eigenvalue weighted by molar-refractivity contribution is 7.12. The van der Waals surface area contributed by atoms with Crippen LogP contribution in [0.5, 0.6) is 0 Å². The minimum atomic E-state index is -0.113. The molecule has 0 spiro atoms. The van der Waals surface area contributed by atoms with Crippen molar-refractivity contribution >= 4 is 23.2 Å². The minimum Gasteiger partial charge on any atom is -0.349 e. The zero-order valence-electron chi connectivity index (χ0n) is 14.8. The molecule has 1 saturated heterocycles. The van der Waals surface area contributed by atoms with Gasteiger partial charge in [0.2, 0.25) is 5.91 Å². The van der Waals surface area contributed by atoms with Crippen LogP contribution in [0.25, 0.3) is 0 Å². The summed E-state index contributed by atoms with van der Waals surface area (Å²) in [4.78, 5) is 28.1. The fraction of sp³-hybridized carbons (Fsp3) is 0.429. The van der Waals surface area contributed by atoms with Crippen molar-refractivity contribution in [2.24, 2.45) is 11.8 Å². The quantitative estimate of drug-likeness (QED) is 0.871. The summed E-state index contributed by atoms with van der Waals surface area (Å²) in [5, 5.41) is 5.20. The van der Waals surface area contributed by atoms with Crippen LogP contribution in [0, 0.1) is 11.8 Å². The van der Waals surface area contributed by atoms with Crippen molar-refractivity contribution in [1.29, 1.82) is 0 Å². The van der Waals surface area contributed by atoms with Crippen molar-refractivity contribution in [2.45, 2.75) is 31.7 Å². The first-order chi connectivity index (χ1) is 12.7. The molecule has 1 aliphatic carbocycles. The molecule has 4 nitrogen and oxygen atoms in total. The molecule has 1 aromatic heterocycles. The van der Waals surface area contributed by atoms with Gasteiger partial charge in [-0.3, -0.25) is 9.59 Å². The number of nitrogens with one attached hydrogen (secondary N) is 1. The van der Waals surface area contributed by atoms with Crippen molar-refractivity contribution in [1.82, 2.24) is 10.2 Å². The normalized spacial score (nSPS) is 21.2. The maximum atomic E-state index is 12.9. The van der Waals surface area contributed by atoms with Crippen molar-refractivity contribution in [2.75, 3.05) is 13.1 Å². The molecule has 0 unspecified atom stereocenters. The number of thiophene rings is 1. The van der Waals surface area contributed by atoms with Gasteiger partial charge in [0.1, 0.15) is 0 Å². The summed E-state index contributed by atoms with van der Waals surface area (Å²) in [5.41, 5.74) is 1.19. The summed E-state index contributed by atoms with van der Waals surface area (Å²) >= 11 is 1.46. The number of likely N-dealkylation sites (tertiary alicyclic amines) is 1. The van der Waals surface area contributed by atoms with E-state index < -0.39 is 0 Å². The van der Waals surface area contributed by atoms with Gasteiger partial charge in [0.05, 0.1) is 16.8 Å². The third-order valence-electron chi connectivity index (χ3n) is 5.36. The summed E-state index contributed by atoms with van der Waals surface area (Å²) in [5.74, 6) is 0.583. The van der Waals surface area contributed by atoms with Crippen LogP contribution in [-0.4, -0.2) is 29.8 Å². The zero-order valence-corrected chi connectivity index (χ0v) is 15.6. The van der Waals surface area contributed by atoms with E-state index in [4.69, 9.17) is 0 Å². The van der Waals surface area contributed by atoms with Crippen molar-refractivity contribution in [3.05, 3.63) is 58.3 Å². The molecular formula is C21H24N2O2S. The van der Waals surface area contributed by atoms with E-state index in [9.17, 15) is 9.59 Å². The molecule has 5 heteroatoms. The SMILES string of the molecule is O=C(N[C@@H](c1ccccc1)C1CC1)[C@H]1CCCN(C(=O)c2cccs2)C1. The van der Waals surface area contributed by atoms with Crippen LogP contribution in [-0.2, 0) is 4.79 Å². The molecular weight excluding hydrogens is 344 g/mol. The lowest BCUT2D eigenvalue weighted by atomic mass is 9.95. The lowest BCUT2D eigenvalue weighted by Gasteiger charge is -2.33. The molecule has 1 aromatic carbocycles. The van der Waals surface area contributed by atoms with E-state index in [1.807, 2.05) is 40.6 Å². The van der Waals surface area contributed by atoms with Gasteiger partial charge in [0.25, 0.3) is 5.91 Å². The number of carbonyl (C=O) groups excluding carboxylic acids is 2. The standard InChI is InChI=1S/C21H24N2O2S/c24-20(22-19(16-10-11-16)15-6-2-1-3-7-15)17-8-4-12-23(14-17)21(25)18-9-5-13-26-18/h1-3,5-7,9,13,16-17,19H,4,8,10-12,14H2,(H,22,24)/t17-,19-/m0/s1. The highest BCUT2D eigenvalue weighted by Gasteiger charge is 2.36. The Morgan fingerprint density at radius 2 is 1.88 bits per heavy atom. The van der Waals surface area contributed by atoms with Gasteiger partial charge in [-0.25, -0.2) is 0 Å². The molecule has 2 heterocycles. The highest BCUT2D eigenvalue weighted by atomic mass is 32.1. The number of piperidine rings is 1. The molecule has 0 radical (unpaired) electrons. The van der Waals surface area contributed by atoms with Gasteiger partial charge < -0.3 is 10.2 Å². The van der Waals surface area contributed by atoms with Gasteiger partial charge in [-0.15, -0.1) is 11.3 Å². The van der Waals surface area contributed by atoms with Crippen molar-refractivity contribution in [3.63, 3.8) is 0 Å². The maximum absolute atomic E-state index is 12.9. The minimum absolute atomic E-state index is 0.0549. The number of hydrogen-bond donors (Lipinski definition) is 1. The molecule has 2 atom stereocenters.